The number of para-hydroxylation sites is 2. The van der Waals surface area contributed by atoms with Gasteiger partial charge in [0.2, 0.25) is 0 Å². The van der Waals surface area contributed by atoms with Gasteiger partial charge in [-0.3, -0.25) is 4.79 Å². The van der Waals surface area contributed by atoms with Crippen LogP contribution >= 0.6 is 0 Å². The minimum Gasteiger partial charge on any atom is -0.489 e. The maximum Gasteiger partial charge on any atom is 0.255 e. The van der Waals surface area contributed by atoms with Crippen LogP contribution in [0.5, 0.6) is 5.75 Å². The Balaban J connectivity index is 1.37. The number of hydrogen-bond donors (Lipinski definition) is 1. The number of piperidine rings is 1. The van der Waals surface area contributed by atoms with Gasteiger partial charge in [0, 0.05) is 30.9 Å². The van der Waals surface area contributed by atoms with E-state index >= 15 is 0 Å². The van der Waals surface area contributed by atoms with E-state index in [4.69, 9.17) is 9.47 Å². The Bertz CT molecular complexity index is 794. The van der Waals surface area contributed by atoms with Crippen LogP contribution in [0.25, 0.3) is 0 Å². The summed E-state index contributed by atoms with van der Waals surface area (Å²) in [6, 6.07) is 15.5. The van der Waals surface area contributed by atoms with Crippen LogP contribution in [0.1, 0.15) is 48.9 Å². The van der Waals surface area contributed by atoms with Crippen molar-refractivity contribution in [3.05, 3.63) is 54.1 Å². The number of hydrogen-bond acceptors (Lipinski definition) is 4. The molecule has 154 valence electrons. The smallest absolute Gasteiger partial charge is 0.255 e. The Morgan fingerprint density at radius 2 is 1.79 bits per heavy atom. The van der Waals surface area contributed by atoms with E-state index in [1.165, 1.54) is 31.4 Å². The summed E-state index contributed by atoms with van der Waals surface area (Å²) in [6.07, 6.45) is 7.26. The fourth-order valence-electron chi connectivity index (χ4n) is 3.99. The molecule has 0 bridgehead atoms. The number of amides is 1. The number of rotatable bonds is 6. The zero-order valence-electron chi connectivity index (χ0n) is 16.9. The molecule has 0 radical (unpaired) electrons. The second-order valence-electron chi connectivity index (χ2n) is 7.84. The fourth-order valence-corrected chi connectivity index (χ4v) is 3.99. The molecule has 2 aliphatic heterocycles. The van der Waals surface area contributed by atoms with Gasteiger partial charge in [-0.15, -0.1) is 0 Å². The number of nitrogens with zero attached hydrogens (tertiary/aromatic N) is 1. The van der Waals surface area contributed by atoms with Crippen LogP contribution in [0.3, 0.4) is 0 Å². The summed E-state index contributed by atoms with van der Waals surface area (Å²) in [5, 5.41) is 3.00. The zero-order chi connectivity index (χ0) is 19.9. The summed E-state index contributed by atoms with van der Waals surface area (Å²) in [5.74, 6) is 0.556. The van der Waals surface area contributed by atoms with E-state index in [-0.39, 0.29) is 12.0 Å². The Morgan fingerprint density at radius 1 is 1.00 bits per heavy atom. The molecule has 1 atom stereocenters. The van der Waals surface area contributed by atoms with E-state index in [0.717, 1.165) is 32.5 Å². The summed E-state index contributed by atoms with van der Waals surface area (Å²) in [7, 11) is 0. The number of ether oxygens (including phenoxy) is 2. The first-order chi connectivity index (χ1) is 14.3. The van der Waals surface area contributed by atoms with Gasteiger partial charge in [0.1, 0.15) is 12.4 Å². The highest BCUT2D eigenvalue weighted by Gasteiger charge is 2.16. The number of nitrogens with one attached hydrogen (secondary N) is 1. The fraction of sp³-hybridized carbons (Fsp3) is 0.458. The molecule has 2 aromatic rings. The van der Waals surface area contributed by atoms with Crippen LogP contribution in [0.4, 0.5) is 11.4 Å². The van der Waals surface area contributed by atoms with Crippen molar-refractivity contribution in [1.29, 1.82) is 0 Å². The summed E-state index contributed by atoms with van der Waals surface area (Å²) < 4.78 is 11.7. The number of anilines is 2. The van der Waals surface area contributed by atoms with Crippen LogP contribution in [0.2, 0.25) is 0 Å². The van der Waals surface area contributed by atoms with Crippen molar-refractivity contribution >= 4 is 17.3 Å². The lowest BCUT2D eigenvalue weighted by molar-refractivity contribution is -0.0109. The molecule has 1 unspecified atom stereocenters. The molecule has 1 N–H and O–H groups in total. The molecule has 2 aliphatic rings. The molecule has 5 nitrogen and oxygen atoms in total. The first-order valence-electron chi connectivity index (χ1n) is 10.8. The van der Waals surface area contributed by atoms with Crippen LogP contribution in [0.15, 0.2) is 48.5 Å². The minimum absolute atomic E-state index is 0.125. The molecule has 2 fully saturated rings. The van der Waals surface area contributed by atoms with E-state index in [2.05, 4.69) is 10.2 Å². The van der Waals surface area contributed by atoms with Gasteiger partial charge in [-0.05, 0) is 74.9 Å². The van der Waals surface area contributed by atoms with Gasteiger partial charge >= 0.3 is 0 Å². The molecular formula is C24H30N2O3. The third-order valence-electron chi connectivity index (χ3n) is 5.68. The highest BCUT2D eigenvalue weighted by Crippen LogP contribution is 2.26. The Morgan fingerprint density at radius 3 is 2.55 bits per heavy atom. The Kier molecular flexibility index (Phi) is 6.67. The topological polar surface area (TPSA) is 50.8 Å². The summed E-state index contributed by atoms with van der Waals surface area (Å²) in [4.78, 5) is 15.1. The monoisotopic (exact) mass is 394 g/mol. The van der Waals surface area contributed by atoms with Gasteiger partial charge in [-0.25, -0.2) is 0 Å². The maximum atomic E-state index is 12.8. The van der Waals surface area contributed by atoms with Gasteiger partial charge in [-0.2, -0.15) is 0 Å². The molecule has 5 heteroatoms. The standard InChI is InChI=1S/C24H30N2O3/c27-24(19-11-13-20(14-12-19)26-15-5-1-6-16-26)25-22-9-2-3-10-23(22)29-18-21-8-4-7-17-28-21/h2-3,9-14,21H,1,4-8,15-18H2,(H,25,27). The van der Waals surface area contributed by atoms with Crippen molar-refractivity contribution in [3.63, 3.8) is 0 Å². The molecule has 0 aliphatic carbocycles. The van der Waals surface area contributed by atoms with Gasteiger partial charge in [0.15, 0.2) is 0 Å². The number of carbonyl (C=O) groups excluding carboxylic acids is 1. The van der Waals surface area contributed by atoms with Crippen molar-refractivity contribution in [2.24, 2.45) is 0 Å². The normalized spacial score (nSPS) is 19.6. The van der Waals surface area contributed by atoms with Crippen molar-refractivity contribution in [2.45, 2.75) is 44.6 Å². The van der Waals surface area contributed by atoms with Crippen LogP contribution in [-0.4, -0.2) is 38.3 Å². The summed E-state index contributed by atoms with van der Waals surface area (Å²) in [5.41, 5.74) is 2.53. The Hall–Kier alpha value is -2.53. The average Bonchev–Trinajstić information content (AvgIpc) is 2.80. The molecule has 0 aromatic heterocycles. The van der Waals surface area contributed by atoms with Gasteiger partial charge in [0.25, 0.3) is 5.91 Å². The highest BCUT2D eigenvalue weighted by atomic mass is 16.5. The second kappa shape index (κ2) is 9.79. The second-order valence-corrected chi connectivity index (χ2v) is 7.84. The predicted molar refractivity (Wildman–Crippen MR) is 116 cm³/mol. The largest absolute Gasteiger partial charge is 0.489 e. The lowest BCUT2D eigenvalue weighted by Gasteiger charge is -2.28. The molecule has 2 saturated heterocycles. The van der Waals surface area contributed by atoms with Crippen molar-refractivity contribution in [1.82, 2.24) is 0 Å². The summed E-state index contributed by atoms with van der Waals surface area (Å²) in [6.45, 7) is 3.51. The van der Waals surface area contributed by atoms with E-state index in [1.807, 2.05) is 48.5 Å². The van der Waals surface area contributed by atoms with E-state index in [9.17, 15) is 4.79 Å². The Labute approximate surface area is 173 Å². The van der Waals surface area contributed by atoms with E-state index in [1.54, 1.807) is 0 Å². The maximum absolute atomic E-state index is 12.8. The third-order valence-corrected chi connectivity index (χ3v) is 5.68. The lowest BCUT2D eigenvalue weighted by Crippen LogP contribution is -2.29. The van der Waals surface area contributed by atoms with Crippen molar-refractivity contribution < 1.29 is 14.3 Å². The average molecular weight is 395 g/mol. The molecule has 2 heterocycles. The number of benzene rings is 2. The van der Waals surface area contributed by atoms with Crippen molar-refractivity contribution in [3.8, 4) is 5.75 Å². The molecule has 2 aromatic carbocycles. The van der Waals surface area contributed by atoms with Crippen LogP contribution < -0.4 is 15.0 Å². The van der Waals surface area contributed by atoms with Gasteiger partial charge in [-0.1, -0.05) is 12.1 Å². The first kappa shape index (κ1) is 19.8. The van der Waals surface area contributed by atoms with Gasteiger partial charge in [0.05, 0.1) is 11.8 Å². The minimum atomic E-state index is -0.125. The first-order valence-corrected chi connectivity index (χ1v) is 10.8. The van der Waals surface area contributed by atoms with Gasteiger partial charge < -0.3 is 19.7 Å². The SMILES string of the molecule is O=C(Nc1ccccc1OCC1CCCCO1)c1ccc(N2CCCCC2)cc1. The van der Waals surface area contributed by atoms with Crippen LogP contribution in [-0.2, 0) is 4.74 Å². The predicted octanol–water partition coefficient (Wildman–Crippen LogP) is 4.88. The number of carbonyl (C=O) groups is 1. The molecule has 4 rings (SSSR count). The lowest BCUT2D eigenvalue weighted by atomic mass is 10.1. The van der Waals surface area contributed by atoms with Crippen molar-refractivity contribution in [2.75, 3.05) is 36.5 Å². The molecule has 29 heavy (non-hydrogen) atoms. The summed E-state index contributed by atoms with van der Waals surface area (Å²) >= 11 is 0. The quantitative estimate of drug-likeness (QED) is 0.759. The third kappa shape index (κ3) is 5.30. The van der Waals surface area contributed by atoms with Crippen LogP contribution in [0, 0.1) is 0 Å². The molecular weight excluding hydrogens is 364 g/mol. The highest BCUT2D eigenvalue weighted by molar-refractivity contribution is 6.05. The van der Waals surface area contributed by atoms with E-state index < -0.39 is 0 Å². The molecule has 0 spiro atoms. The van der Waals surface area contributed by atoms with E-state index in [0.29, 0.717) is 23.6 Å². The zero-order valence-corrected chi connectivity index (χ0v) is 16.9. The molecule has 1 amide bonds. The molecule has 0 saturated carbocycles.